The van der Waals surface area contributed by atoms with Crippen LogP contribution in [0.15, 0.2) is 18.2 Å². The van der Waals surface area contributed by atoms with Gasteiger partial charge in [-0.15, -0.1) is 0 Å². The molecule has 3 rings (SSSR count). The van der Waals surface area contributed by atoms with Crippen molar-refractivity contribution in [3.05, 3.63) is 23.4 Å². The molecule has 1 fully saturated rings. The Balaban J connectivity index is 1.88. The topological polar surface area (TPSA) is 75.6 Å². The number of halogens is 1. The van der Waals surface area contributed by atoms with E-state index in [1.165, 1.54) is 25.7 Å². The zero-order valence-corrected chi connectivity index (χ0v) is 17.8. The summed E-state index contributed by atoms with van der Waals surface area (Å²) in [6.45, 7) is 6.60. The minimum absolute atomic E-state index is 0.348. The van der Waals surface area contributed by atoms with Crippen LogP contribution in [0.5, 0.6) is 0 Å². The largest absolute Gasteiger partial charge is 0.351 e. The maximum absolute atomic E-state index is 6.08. The molecular weight excluding hydrogens is 372 g/mol. The van der Waals surface area contributed by atoms with E-state index in [2.05, 4.69) is 51.3 Å². The summed E-state index contributed by atoms with van der Waals surface area (Å²) >= 11 is 6.08. The molecule has 2 atom stereocenters. The number of pyridine rings is 1. The molecule has 7 heteroatoms. The number of nitrogens with one attached hydrogen (secondary N) is 2. The summed E-state index contributed by atoms with van der Waals surface area (Å²) in [5.74, 6) is 2.47. The lowest BCUT2D eigenvalue weighted by Crippen LogP contribution is -2.24. The maximum Gasteiger partial charge on any atom is 0.228 e. The van der Waals surface area contributed by atoms with Crippen molar-refractivity contribution in [1.82, 2.24) is 19.9 Å². The molecule has 0 saturated heterocycles. The van der Waals surface area contributed by atoms with Gasteiger partial charge in [0.2, 0.25) is 11.9 Å². The van der Waals surface area contributed by atoms with E-state index < -0.39 is 0 Å². The van der Waals surface area contributed by atoms with Crippen molar-refractivity contribution in [2.75, 3.05) is 10.6 Å². The van der Waals surface area contributed by atoms with Crippen LogP contribution in [-0.2, 0) is 0 Å². The van der Waals surface area contributed by atoms with E-state index in [1.807, 2.05) is 12.1 Å². The SMILES string of the molecule is CCCCC(CC)Nc1nc(NC(CC)C2CC2)nc(-c2cccc(Cl)n2)n1. The molecule has 0 amide bonds. The van der Waals surface area contributed by atoms with Crippen LogP contribution in [0, 0.1) is 5.92 Å². The molecule has 2 aromatic rings. The number of nitrogens with zero attached hydrogens (tertiary/aromatic N) is 4. The van der Waals surface area contributed by atoms with E-state index in [-0.39, 0.29) is 0 Å². The molecule has 1 aliphatic rings. The average Bonchev–Trinajstić information content (AvgIpc) is 3.54. The van der Waals surface area contributed by atoms with E-state index in [4.69, 9.17) is 11.6 Å². The van der Waals surface area contributed by atoms with Crippen LogP contribution in [-0.4, -0.2) is 32.0 Å². The highest BCUT2D eigenvalue weighted by molar-refractivity contribution is 6.29. The number of hydrogen-bond donors (Lipinski definition) is 2. The van der Waals surface area contributed by atoms with Gasteiger partial charge in [0, 0.05) is 12.1 Å². The standard InChI is InChI=1S/C21H31ClN6/c1-4-7-9-15(5-2)23-20-26-19(17-10-8-11-18(22)24-17)27-21(28-20)25-16(6-3)14-12-13-14/h8,10-11,14-16H,4-7,9,12-13H2,1-3H3,(H2,23,25,26,27,28). The third-order valence-corrected chi connectivity index (χ3v) is 5.47. The lowest BCUT2D eigenvalue weighted by Gasteiger charge is -2.19. The molecule has 0 radical (unpaired) electrons. The van der Waals surface area contributed by atoms with Crippen LogP contribution in [0.2, 0.25) is 5.15 Å². The summed E-state index contributed by atoms with van der Waals surface area (Å²) in [5.41, 5.74) is 0.655. The summed E-state index contributed by atoms with van der Waals surface area (Å²) in [6.07, 6.45) is 8.10. The molecule has 1 saturated carbocycles. The predicted octanol–water partition coefficient (Wildman–Crippen LogP) is 5.57. The fraction of sp³-hybridized carbons (Fsp3) is 0.619. The molecule has 152 valence electrons. The highest BCUT2D eigenvalue weighted by atomic mass is 35.5. The van der Waals surface area contributed by atoms with Gasteiger partial charge < -0.3 is 10.6 Å². The third-order valence-electron chi connectivity index (χ3n) is 5.26. The Morgan fingerprint density at radius 1 is 1.00 bits per heavy atom. The highest BCUT2D eigenvalue weighted by Gasteiger charge is 2.30. The number of hydrogen-bond acceptors (Lipinski definition) is 6. The summed E-state index contributed by atoms with van der Waals surface area (Å²) in [5, 5.41) is 7.46. The highest BCUT2D eigenvalue weighted by Crippen LogP contribution is 2.35. The van der Waals surface area contributed by atoms with Crippen molar-refractivity contribution in [2.45, 2.75) is 77.8 Å². The molecule has 0 spiro atoms. The number of anilines is 2. The van der Waals surface area contributed by atoms with Crippen LogP contribution in [0.25, 0.3) is 11.5 Å². The van der Waals surface area contributed by atoms with Crippen molar-refractivity contribution >= 4 is 23.5 Å². The quantitative estimate of drug-likeness (QED) is 0.478. The molecule has 1 aliphatic carbocycles. The van der Waals surface area contributed by atoms with Crippen molar-refractivity contribution in [3.63, 3.8) is 0 Å². The first-order valence-electron chi connectivity index (χ1n) is 10.5. The molecule has 0 aliphatic heterocycles. The first-order chi connectivity index (χ1) is 13.6. The van der Waals surface area contributed by atoms with Crippen LogP contribution in [0.1, 0.15) is 65.7 Å². The molecule has 2 N–H and O–H groups in total. The third kappa shape index (κ3) is 5.77. The monoisotopic (exact) mass is 402 g/mol. The van der Waals surface area contributed by atoms with E-state index in [0.29, 0.717) is 40.7 Å². The normalized spacial score (nSPS) is 15.9. The van der Waals surface area contributed by atoms with Gasteiger partial charge in [-0.05, 0) is 50.2 Å². The zero-order valence-electron chi connectivity index (χ0n) is 17.1. The second kappa shape index (κ2) is 10.0. The van der Waals surface area contributed by atoms with E-state index in [1.54, 1.807) is 6.07 Å². The fourth-order valence-electron chi connectivity index (χ4n) is 3.38. The van der Waals surface area contributed by atoms with Crippen LogP contribution < -0.4 is 10.6 Å². The Hall–Kier alpha value is -1.95. The van der Waals surface area contributed by atoms with Crippen molar-refractivity contribution in [2.24, 2.45) is 5.92 Å². The molecule has 6 nitrogen and oxygen atoms in total. The van der Waals surface area contributed by atoms with E-state index in [9.17, 15) is 0 Å². The molecule has 2 heterocycles. The van der Waals surface area contributed by atoms with Gasteiger partial charge in [-0.3, -0.25) is 0 Å². The van der Waals surface area contributed by atoms with Gasteiger partial charge in [0.15, 0.2) is 5.82 Å². The zero-order chi connectivity index (χ0) is 19.9. The number of rotatable bonds is 11. The smallest absolute Gasteiger partial charge is 0.228 e. The van der Waals surface area contributed by atoms with Crippen molar-refractivity contribution in [3.8, 4) is 11.5 Å². The molecule has 0 bridgehead atoms. The molecule has 0 aromatic carbocycles. The number of unbranched alkanes of at least 4 members (excludes halogenated alkanes) is 1. The molecule has 28 heavy (non-hydrogen) atoms. The lowest BCUT2D eigenvalue weighted by molar-refractivity contribution is 0.588. The minimum Gasteiger partial charge on any atom is -0.351 e. The van der Waals surface area contributed by atoms with Crippen LogP contribution in [0.4, 0.5) is 11.9 Å². The molecule has 2 aromatic heterocycles. The molecular formula is C21H31ClN6. The van der Waals surface area contributed by atoms with E-state index in [0.717, 1.165) is 25.2 Å². The average molecular weight is 403 g/mol. The Morgan fingerprint density at radius 2 is 1.75 bits per heavy atom. The first-order valence-corrected chi connectivity index (χ1v) is 10.9. The second-order valence-corrected chi connectivity index (χ2v) is 7.93. The van der Waals surface area contributed by atoms with Gasteiger partial charge in [-0.2, -0.15) is 15.0 Å². The Morgan fingerprint density at radius 3 is 2.36 bits per heavy atom. The van der Waals surface area contributed by atoms with Gasteiger partial charge in [-0.1, -0.05) is 51.3 Å². The fourth-order valence-corrected chi connectivity index (χ4v) is 3.55. The van der Waals surface area contributed by atoms with Gasteiger partial charge in [0.05, 0.1) is 0 Å². The van der Waals surface area contributed by atoms with E-state index >= 15 is 0 Å². The maximum atomic E-state index is 6.08. The second-order valence-electron chi connectivity index (χ2n) is 7.54. The Labute approximate surface area is 173 Å². The summed E-state index contributed by atoms with van der Waals surface area (Å²) in [6, 6.07) is 6.24. The van der Waals surface area contributed by atoms with Gasteiger partial charge in [-0.25, -0.2) is 4.98 Å². The summed E-state index contributed by atoms with van der Waals surface area (Å²) < 4.78 is 0. The van der Waals surface area contributed by atoms with Gasteiger partial charge >= 0.3 is 0 Å². The Bertz CT molecular complexity index is 764. The predicted molar refractivity (Wildman–Crippen MR) is 116 cm³/mol. The van der Waals surface area contributed by atoms with Crippen LogP contribution in [0.3, 0.4) is 0 Å². The Kier molecular flexibility index (Phi) is 7.43. The summed E-state index contributed by atoms with van der Waals surface area (Å²) in [7, 11) is 0. The van der Waals surface area contributed by atoms with Crippen molar-refractivity contribution in [1.29, 1.82) is 0 Å². The summed E-state index contributed by atoms with van der Waals surface area (Å²) in [4.78, 5) is 18.3. The van der Waals surface area contributed by atoms with Gasteiger partial charge in [0.1, 0.15) is 10.8 Å². The lowest BCUT2D eigenvalue weighted by atomic mass is 10.1. The van der Waals surface area contributed by atoms with Crippen LogP contribution >= 0.6 is 11.6 Å². The minimum atomic E-state index is 0.348. The first kappa shape index (κ1) is 20.8. The van der Waals surface area contributed by atoms with Crippen molar-refractivity contribution < 1.29 is 0 Å². The van der Waals surface area contributed by atoms with Gasteiger partial charge in [0.25, 0.3) is 0 Å². The number of aromatic nitrogens is 4. The molecule has 2 unspecified atom stereocenters.